The Labute approximate surface area is 126 Å². The van der Waals surface area contributed by atoms with Crippen LogP contribution in [0.5, 0.6) is 0 Å². The molecule has 22 heavy (non-hydrogen) atoms. The van der Waals surface area contributed by atoms with Crippen LogP contribution < -0.4 is 11.1 Å². The average molecular weight is 301 g/mol. The third-order valence-electron chi connectivity index (χ3n) is 4.26. The van der Waals surface area contributed by atoms with Crippen LogP contribution in [0.25, 0.3) is 0 Å². The van der Waals surface area contributed by atoms with Gasteiger partial charge in [-0.25, -0.2) is 0 Å². The van der Waals surface area contributed by atoms with E-state index in [2.05, 4.69) is 5.32 Å². The van der Waals surface area contributed by atoms with Crippen LogP contribution in [0.1, 0.15) is 46.0 Å². The van der Waals surface area contributed by atoms with Crippen molar-refractivity contribution >= 4 is 23.6 Å². The Morgan fingerprint density at radius 2 is 1.86 bits per heavy atom. The normalized spacial score (nSPS) is 24.5. The van der Waals surface area contributed by atoms with Crippen molar-refractivity contribution in [1.82, 2.24) is 10.2 Å². The van der Waals surface area contributed by atoms with Crippen molar-refractivity contribution < 1.29 is 19.2 Å². The maximum absolute atomic E-state index is 12.6. The lowest BCUT2D eigenvalue weighted by atomic mass is 9.89. The lowest BCUT2D eigenvalue weighted by Gasteiger charge is -2.38. The zero-order valence-corrected chi connectivity index (χ0v) is 12.0. The summed E-state index contributed by atoms with van der Waals surface area (Å²) in [5, 5.41) is 2.19. The smallest absolute Gasteiger partial charge is 0.262 e. The number of fused-ring (bicyclic) bond motifs is 1. The molecule has 0 aliphatic carbocycles. The molecule has 7 nitrogen and oxygen atoms in total. The van der Waals surface area contributed by atoms with Gasteiger partial charge in [-0.2, -0.15) is 0 Å². The van der Waals surface area contributed by atoms with Gasteiger partial charge in [0.15, 0.2) is 0 Å². The van der Waals surface area contributed by atoms with Crippen molar-refractivity contribution in [3.8, 4) is 0 Å². The number of hydrogen-bond acceptors (Lipinski definition) is 5. The second-order valence-electron chi connectivity index (χ2n) is 5.68. The van der Waals surface area contributed by atoms with Gasteiger partial charge < -0.3 is 5.73 Å². The molecule has 114 valence electrons. The Balaban J connectivity index is 2.03. The van der Waals surface area contributed by atoms with E-state index in [9.17, 15) is 19.2 Å². The predicted molar refractivity (Wildman–Crippen MR) is 75.6 cm³/mol. The molecule has 4 amide bonds. The molecule has 0 radical (unpaired) electrons. The molecule has 1 saturated heterocycles. The van der Waals surface area contributed by atoms with Gasteiger partial charge in [0, 0.05) is 13.0 Å². The molecule has 0 bridgehead atoms. The quantitative estimate of drug-likeness (QED) is 0.743. The van der Waals surface area contributed by atoms with Crippen molar-refractivity contribution in [2.24, 2.45) is 5.73 Å². The number of carbonyl (C=O) groups is 4. The van der Waals surface area contributed by atoms with Crippen LogP contribution in [0.2, 0.25) is 0 Å². The molecular weight excluding hydrogens is 286 g/mol. The molecule has 1 aromatic rings. The van der Waals surface area contributed by atoms with E-state index in [1.54, 1.807) is 18.2 Å². The second-order valence-corrected chi connectivity index (χ2v) is 5.68. The first-order chi connectivity index (χ1) is 10.4. The molecule has 2 aliphatic rings. The molecule has 1 aromatic carbocycles. The first-order valence-corrected chi connectivity index (χ1v) is 6.94. The molecular formula is C15H15N3O4. The number of rotatable bonds is 2. The summed E-state index contributed by atoms with van der Waals surface area (Å²) >= 11 is 0. The largest absolute Gasteiger partial charge is 0.326 e. The van der Waals surface area contributed by atoms with E-state index in [4.69, 9.17) is 5.73 Å². The number of carbonyl (C=O) groups excluding carboxylic acids is 4. The second kappa shape index (κ2) is 4.74. The number of benzene rings is 1. The van der Waals surface area contributed by atoms with Gasteiger partial charge in [0.2, 0.25) is 5.91 Å². The maximum Gasteiger partial charge on any atom is 0.262 e. The molecule has 1 atom stereocenters. The summed E-state index contributed by atoms with van der Waals surface area (Å²) in [5.74, 6) is -2.07. The molecule has 7 heteroatoms. The highest BCUT2D eigenvalue weighted by Gasteiger charge is 2.52. The topological polar surface area (TPSA) is 110 Å². The molecule has 2 heterocycles. The van der Waals surface area contributed by atoms with Crippen molar-refractivity contribution in [3.63, 3.8) is 0 Å². The Morgan fingerprint density at radius 3 is 2.50 bits per heavy atom. The summed E-state index contributed by atoms with van der Waals surface area (Å²) in [4.78, 5) is 49.6. The first kappa shape index (κ1) is 14.4. The number of piperidine rings is 1. The number of nitrogens with one attached hydrogen (secondary N) is 1. The van der Waals surface area contributed by atoms with E-state index in [0.29, 0.717) is 0 Å². The summed E-state index contributed by atoms with van der Waals surface area (Å²) in [5.41, 5.74) is 5.43. The van der Waals surface area contributed by atoms with Gasteiger partial charge >= 0.3 is 0 Å². The molecule has 0 unspecified atom stereocenters. The van der Waals surface area contributed by atoms with Gasteiger partial charge in [-0.05, 0) is 31.0 Å². The minimum atomic E-state index is -1.36. The third-order valence-corrected chi connectivity index (χ3v) is 4.26. The fourth-order valence-electron chi connectivity index (χ4n) is 2.87. The van der Waals surface area contributed by atoms with E-state index in [1.165, 1.54) is 6.92 Å². The third kappa shape index (κ3) is 1.86. The molecule has 0 saturated carbocycles. The minimum Gasteiger partial charge on any atom is -0.326 e. The van der Waals surface area contributed by atoms with E-state index in [1.807, 2.05) is 0 Å². The van der Waals surface area contributed by atoms with Crippen LogP contribution in [0.15, 0.2) is 18.2 Å². The number of hydrogen-bond donors (Lipinski definition) is 2. The van der Waals surface area contributed by atoms with E-state index < -0.39 is 29.2 Å². The summed E-state index contributed by atoms with van der Waals surface area (Å²) in [6.45, 7) is 1.75. The molecule has 3 rings (SSSR count). The van der Waals surface area contributed by atoms with Crippen LogP contribution in [-0.4, -0.2) is 34.1 Å². The van der Waals surface area contributed by atoms with Gasteiger partial charge in [0.05, 0.1) is 11.1 Å². The lowest BCUT2D eigenvalue weighted by Crippen LogP contribution is -2.62. The summed E-state index contributed by atoms with van der Waals surface area (Å²) in [6, 6.07) is 4.80. The maximum atomic E-state index is 12.6. The monoisotopic (exact) mass is 301 g/mol. The van der Waals surface area contributed by atoms with Gasteiger partial charge in [-0.15, -0.1) is 0 Å². The zero-order valence-electron chi connectivity index (χ0n) is 12.0. The van der Waals surface area contributed by atoms with Crippen LogP contribution in [0.3, 0.4) is 0 Å². The molecule has 0 spiro atoms. The zero-order chi connectivity index (χ0) is 16.1. The van der Waals surface area contributed by atoms with E-state index >= 15 is 0 Å². The van der Waals surface area contributed by atoms with Crippen molar-refractivity contribution in [3.05, 3.63) is 34.9 Å². The number of imide groups is 2. The Morgan fingerprint density at radius 1 is 1.18 bits per heavy atom. The standard InChI is InChI=1S/C15H15N3O4/c1-15(5-4-11(19)17-14(15)22)18-12(20)9-3-2-8(7-16)6-10(9)13(18)21/h2-3,6H,4-5,7,16H2,1H3,(H,17,19,22)/t15-/m0/s1. The number of nitrogens with zero attached hydrogens (tertiary/aromatic N) is 1. The average Bonchev–Trinajstić information content (AvgIpc) is 2.75. The van der Waals surface area contributed by atoms with Gasteiger partial charge in [-0.1, -0.05) is 6.07 Å². The summed E-state index contributed by atoms with van der Waals surface area (Å²) < 4.78 is 0. The number of amides is 4. The fourth-order valence-corrected chi connectivity index (χ4v) is 2.87. The highest BCUT2D eigenvalue weighted by Crippen LogP contribution is 2.34. The number of nitrogens with two attached hydrogens (primary N) is 1. The van der Waals surface area contributed by atoms with Crippen molar-refractivity contribution in [1.29, 1.82) is 0 Å². The lowest BCUT2D eigenvalue weighted by molar-refractivity contribution is -0.140. The first-order valence-electron chi connectivity index (χ1n) is 6.94. The van der Waals surface area contributed by atoms with E-state index in [-0.39, 0.29) is 30.5 Å². The highest BCUT2D eigenvalue weighted by molar-refractivity contribution is 6.24. The molecule has 1 fully saturated rings. The Hall–Kier alpha value is -2.54. The minimum absolute atomic E-state index is 0.0870. The van der Waals surface area contributed by atoms with Crippen LogP contribution in [0.4, 0.5) is 0 Å². The van der Waals surface area contributed by atoms with Crippen molar-refractivity contribution in [2.75, 3.05) is 0 Å². The Bertz CT molecular complexity index is 727. The fraction of sp³-hybridized carbons (Fsp3) is 0.333. The molecule has 2 aliphatic heterocycles. The van der Waals surface area contributed by atoms with Crippen LogP contribution in [0, 0.1) is 0 Å². The SMILES string of the molecule is C[C@]1(N2C(=O)c3ccc(CN)cc3C2=O)CCC(=O)NC1=O. The van der Waals surface area contributed by atoms with Crippen LogP contribution >= 0.6 is 0 Å². The van der Waals surface area contributed by atoms with Crippen LogP contribution in [-0.2, 0) is 16.1 Å². The summed E-state index contributed by atoms with van der Waals surface area (Å²) in [7, 11) is 0. The molecule has 3 N–H and O–H groups in total. The van der Waals surface area contributed by atoms with Crippen molar-refractivity contribution in [2.45, 2.75) is 31.8 Å². The van der Waals surface area contributed by atoms with E-state index in [0.717, 1.165) is 10.5 Å². The molecule has 0 aromatic heterocycles. The van der Waals surface area contributed by atoms with Gasteiger partial charge in [0.1, 0.15) is 5.54 Å². The van der Waals surface area contributed by atoms with Gasteiger partial charge in [0.25, 0.3) is 17.7 Å². The summed E-state index contributed by atoms with van der Waals surface area (Å²) in [6.07, 6.45) is 0.205. The Kier molecular flexibility index (Phi) is 3.10. The van der Waals surface area contributed by atoms with Gasteiger partial charge in [-0.3, -0.25) is 29.4 Å². The highest BCUT2D eigenvalue weighted by atomic mass is 16.2. The predicted octanol–water partition coefficient (Wildman–Crippen LogP) is -0.0634.